The Bertz CT molecular complexity index is 851. The van der Waals surface area contributed by atoms with Gasteiger partial charge < -0.3 is 14.8 Å². The molecule has 2 N–H and O–H groups in total. The van der Waals surface area contributed by atoms with Crippen LogP contribution in [-0.2, 0) is 4.79 Å². The lowest BCUT2D eigenvalue weighted by molar-refractivity contribution is -0.114. The van der Waals surface area contributed by atoms with Crippen LogP contribution in [-0.4, -0.2) is 31.7 Å². The van der Waals surface area contributed by atoms with E-state index in [9.17, 15) is 9.59 Å². The Hall–Kier alpha value is -3.06. The first-order valence-corrected chi connectivity index (χ1v) is 8.53. The summed E-state index contributed by atoms with van der Waals surface area (Å²) in [5.74, 6) is 0.374. The molecular weight excluding hydrogens is 370 g/mol. The summed E-state index contributed by atoms with van der Waals surface area (Å²) in [6, 6.07) is 9.82. The molecule has 0 aliphatic rings. The van der Waals surface area contributed by atoms with Gasteiger partial charge in [0, 0.05) is 18.2 Å². The third-order valence-electron chi connectivity index (χ3n) is 3.38. The normalized spacial score (nSPS) is 10.5. The van der Waals surface area contributed by atoms with Crippen molar-refractivity contribution >= 4 is 35.3 Å². The number of amides is 2. The molecule has 2 aromatic rings. The van der Waals surface area contributed by atoms with E-state index in [4.69, 9.17) is 21.1 Å². The molecule has 0 atom stereocenters. The first-order chi connectivity index (χ1) is 12.9. The Morgan fingerprint density at radius 2 is 1.93 bits per heavy atom. The summed E-state index contributed by atoms with van der Waals surface area (Å²) in [6.07, 6.45) is 1.46. The number of nitrogens with one attached hydrogen (secondary N) is 2. The van der Waals surface area contributed by atoms with Crippen LogP contribution in [0.3, 0.4) is 0 Å². The van der Waals surface area contributed by atoms with E-state index in [0.717, 1.165) is 0 Å². The van der Waals surface area contributed by atoms with Gasteiger partial charge in [0.1, 0.15) is 0 Å². The summed E-state index contributed by atoms with van der Waals surface area (Å²) in [5.41, 5.74) is 4.10. The Labute approximate surface area is 162 Å². The van der Waals surface area contributed by atoms with E-state index >= 15 is 0 Å². The Morgan fingerprint density at radius 1 is 1.22 bits per heavy atom. The molecule has 8 heteroatoms. The minimum absolute atomic E-state index is 0.179. The highest BCUT2D eigenvalue weighted by atomic mass is 35.5. The molecule has 0 bridgehead atoms. The molecule has 0 radical (unpaired) electrons. The highest BCUT2D eigenvalue weighted by Crippen LogP contribution is 2.35. The van der Waals surface area contributed by atoms with Gasteiger partial charge in [-0.2, -0.15) is 5.10 Å². The number of ether oxygens (including phenoxy) is 2. The number of hydrogen-bond donors (Lipinski definition) is 2. The van der Waals surface area contributed by atoms with Crippen LogP contribution < -0.4 is 20.2 Å². The first-order valence-electron chi connectivity index (χ1n) is 8.16. The fourth-order valence-corrected chi connectivity index (χ4v) is 2.56. The molecule has 0 spiro atoms. The fourth-order valence-electron chi connectivity index (χ4n) is 2.26. The molecule has 0 fully saturated rings. The van der Waals surface area contributed by atoms with Crippen molar-refractivity contribution in [3.05, 3.63) is 52.5 Å². The molecule has 2 amide bonds. The second-order valence-corrected chi connectivity index (χ2v) is 5.83. The highest BCUT2D eigenvalue weighted by molar-refractivity contribution is 6.32. The van der Waals surface area contributed by atoms with Crippen molar-refractivity contribution in [3.63, 3.8) is 0 Å². The van der Waals surface area contributed by atoms with Gasteiger partial charge in [0.25, 0.3) is 5.91 Å². The van der Waals surface area contributed by atoms with Crippen LogP contribution in [0.1, 0.15) is 29.8 Å². The van der Waals surface area contributed by atoms with Gasteiger partial charge in [-0.25, -0.2) is 5.43 Å². The molecular formula is C19H20ClN3O4. The predicted octanol–water partition coefficient (Wildman–Crippen LogP) is 3.47. The SMILES string of the molecule is CCOc1cc(C=NNC(=O)c2ccc(NC(C)=O)cc2)cc(Cl)c1OC. The Morgan fingerprint density at radius 3 is 2.52 bits per heavy atom. The third kappa shape index (κ3) is 5.72. The molecule has 0 aromatic heterocycles. The van der Waals surface area contributed by atoms with Crippen LogP contribution in [0.4, 0.5) is 5.69 Å². The van der Waals surface area contributed by atoms with E-state index in [1.807, 2.05) is 6.92 Å². The number of benzene rings is 2. The second-order valence-electron chi connectivity index (χ2n) is 5.42. The Balaban J connectivity index is 2.06. The molecule has 0 aliphatic heterocycles. The lowest BCUT2D eigenvalue weighted by Gasteiger charge is -2.11. The van der Waals surface area contributed by atoms with E-state index in [1.165, 1.54) is 20.2 Å². The van der Waals surface area contributed by atoms with Gasteiger partial charge in [-0.05, 0) is 48.9 Å². The van der Waals surface area contributed by atoms with Crippen molar-refractivity contribution < 1.29 is 19.1 Å². The monoisotopic (exact) mass is 389 g/mol. The predicted molar refractivity (Wildman–Crippen MR) is 105 cm³/mol. The summed E-state index contributed by atoms with van der Waals surface area (Å²) in [7, 11) is 1.51. The number of methoxy groups -OCH3 is 1. The van der Waals surface area contributed by atoms with Gasteiger partial charge in [-0.1, -0.05) is 11.6 Å². The van der Waals surface area contributed by atoms with Crippen molar-refractivity contribution in [2.24, 2.45) is 5.10 Å². The zero-order valence-electron chi connectivity index (χ0n) is 15.2. The maximum atomic E-state index is 12.1. The van der Waals surface area contributed by atoms with Gasteiger partial charge in [0.15, 0.2) is 11.5 Å². The molecule has 2 aromatic carbocycles. The van der Waals surface area contributed by atoms with Crippen molar-refractivity contribution in [1.82, 2.24) is 5.43 Å². The maximum Gasteiger partial charge on any atom is 0.271 e. The lowest BCUT2D eigenvalue weighted by atomic mass is 10.2. The van der Waals surface area contributed by atoms with E-state index in [1.54, 1.807) is 36.4 Å². The van der Waals surface area contributed by atoms with Crippen molar-refractivity contribution in [2.45, 2.75) is 13.8 Å². The van der Waals surface area contributed by atoms with Crippen LogP contribution in [0.15, 0.2) is 41.5 Å². The van der Waals surface area contributed by atoms with Gasteiger partial charge in [0.05, 0.1) is 25.0 Å². The summed E-state index contributed by atoms with van der Waals surface area (Å²) in [6.45, 7) is 3.72. The minimum Gasteiger partial charge on any atom is -0.491 e. The van der Waals surface area contributed by atoms with E-state index < -0.39 is 0 Å². The average Bonchev–Trinajstić information content (AvgIpc) is 2.62. The number of nitrogens with zero attached hydrogens (tertiary/aromatic N) is 1. The molecule has 142 valence electrons. The third-order valence-corrected chi connectivity index (χ3v) is 3.66. The van der Waals surface area contributed by atoms with Crippen LogP contribution >= 0.6 is 11.6 Å². The van der Waals surface area contributed by atoms with Crippen LogP contribution in [0.5, 0.6) is 11.5 Å². The largest absolute Gasteiger partial charge is 0.491 e. The molecule has 7 nitrogen and oxygen atoms in total. The second kappa shape index (κ2) is 9.59. The smallest absolute Gasteiger partial charge is 0.271 e. The maximum absolute atomic E-state index is 12.1. The fraction of sp³-hybridized carbons (Fsp3) is 0.211. The number of hydrogen-bond acceptors (Lipinski definition) is 5. The van der Waals surface area contributed by atoms with Crippen molar-refractivity contribution in [1.29, 1.82) is 0 Å². The molecule has 0 aliphatic carbocycles. The number of anilines is 1. The van der Waals surface area contributed by atoms with E-state index in [-0.39, 0.29) is 11.8 Å². The number of hydrazone groups is 1. The highest BCUT2D eigenvalue weighted by Gasteiger charge is 2.11. The van der Waals surface area contributed by atoms with Crippen LogP contribution in [0, 0.1) is 0 Å². The number of carbonyl (C=O) groups is 2. The Kier molecular flexibility index (Phi) is 7.19. The molecule has 0 saturated carbocycles. The molecule has 0 heterocycles. The van der Waals surface area contributed by atoms with Gasteiger partial charge in [0.2, 0.25) is 5.91 Å². The summed E-state index contributed by atoms with van der Waals surface area (Å²) in [5, 5.41) is 6.95. The van der Waals surface area contributed by atoms with Crippen molar-refractivity contribution in [2.75, 3.05) is 19.0 Å². The zero-order valence-corrected chi connectivity index (χ0v) is 16.0. The topological polar surface area (TPSA) is 89.0 Å². The summed E-state index contributed by atoms with van der Waals surface area (Å²) in [4.78, 5) is 23.1. The molecule has 2 rings (SSSR count). The van der Waals surface area contributed by atoms with E-state index in [0.29, 0.717) is 39.9 Å². The molecule has 0 saturated heterocycles. The van der Waals surface area contributed by atoms with Gasteiger partial charge >= 0.3 is 0 Å². The molecule has 27 heavy (non-hydrogen) atoms. The van der Waals surface area contributed by atoms with Gasteiger partial charge in [-0.15, -0.1) is 0 Å². The summed E-state index contributed by atoms with van der Waals surface area (Å²) >= 11 is 6.17. The standard InChI is InChI=1S/C19H20ClN3O4/c1-4-27-17-10-13(9-16(20)18(17)26-3)11-21-23-19(25)14-5-7-15(8-6-14)22-12(2)24/h5-11H,4H2,1-3H3,(H,22,24)(H,23,25). The average molecular weight is 390 g/mol. The van der Waals surface area contributed by atoms with Crippen molar-refractivity contribution in [3.8, 4) is 11.5 Å². The number of rotatable bonds is 7. The minimum atomic E-state index is -0.384. The first kappa shape index (κ1) is 20.3. The quantitative estimate of drug-likeness (QED) is 0.560. The number of carbonyl (C=O) groups excluding carboxylic acids is 2. The zero-order chi connectivity index (χ0) is 19.8. The lowest BCUT2D eigenvalue weighted by Crippen LogP contribution is -2.17. The van der Waals surface area contributed by atoms with Crippen LogP contribution in [0.25, 0.3) is 0 Å². The van der Waals surface area contributed by atoms with Gasteiger partial charge in [-0.3, -0.25) is 9.59 Å². The van der Waals surface area contributed by atoms with E-state index in [2.05, 4.69) is 15.8 Å². The number of halogens is 1. The summed E-state index contributed by atoms with van der Waals surface area (Å²) < 4.78 is 10.7. The molecule has 0 unspecified atom stereocenters. The van der Waals surface area contributed by atoms with Crippen LogP contribution in [0.2, 0.25) is 5.02 Å².